The molecule has 0 amide bonds. The Hall–Kier alpha value is -3.75. The molecule has 0 atom stereocenters. The number of esters is 1. The van der Waals surface area contributed by atoms with Crippen LogP contribution in [0.2, 0.25) is 0 Å². The summed E-state index contributed by atoms with van der Waals surface area (Å²) in [5.74, 6) is -0.0879. The lowest BCUT2D eigenvalue weighted by molar-refractivity contribution is -0.384. The molecule has 9 heteroatoms. The first-order chi connectivity index (χ1) is 15.3. The number of piperidine rings is 1. The van der Waals surface area contributed by atoms with Crippen LogP contribution in [0.15, 0.2) is 47.3 Å². The Morgan fingerprint density at radius 1 is 1.22 bits per heavy atom. The maximum absolute atomic E-state index is 12.9. The molecule has 2 aromatic heterocycles. The maximum Gasteiger partial charge on any atom is 0.340 e. The van der Waals surface area contributed by atoms with Crippen molar-refractivity contribution in [2.24, 2.45) is 5.92 Å². The molecule has 32 heavy (non-hydrogen) atoms. The number of hydrogen-bond donors (Lipinski definition) is 0. The van der Waals surface area contributed by atoms with Crippen molar-refractivity contribution in [1.82, 2.24) is 9.38 Å². The molecule has 0 unspecified atom stereocenters. The van der Waals surface area contributed by atoms with Crippen LogP contribution in [0.1, 0.15) is 41.5 Å². The van der Waals surface area contributed by atoms with Crippen LogP contribution in [0, 0.1) is 23.0 Å². The Morgan fingerprint density at radius 3 is 2.69 bits per heavy atom. The number of carbonyl (C=O) groups is 1. The van der Waals surface area contributed by atoms with Crippen molar-refractivity contribution in [2.45, 2.75) is 33.3 Å². The number of aryl methyl sites for hydroxylation is 1. The van der Waals surface area contributed by atoms with Crippen molar-refractivity contribution < 1.29 is 14.5 Å². The van der Waals surface area contributed by atoms with Crippen LogP contribution in [0.5, 0.6) is 0 Å². The lowest BCUT2D eigenvalue weighted by atomic mass is 9.98. The SMILES string of the molecule is Cc1cccc2nc(COC(=O)c3cc([N+](=O)[O-])ccc3N3CCC(C)CC3)cc(=O)n12. The number of ether oxygens (including phenoxy) is 1. The van der Waals surface area contributed by atoms with Gasteiger partial charge in [0.15, 0.2) is 0 Å². The van der Waals surface area contributed by atoms with Gasteiger partial charge in [-0.1, -0.05) is 13.0 Å². The minimum absolute atomic E-state index is 0.141. The van der Waals surface area contributed by atoms with E-state index in [4.69, 9.17) is 4.74 Å². The average Bonchev–Trinajstić information content (AvgIpc) is 2.77. The van der Waals surface area contributed by atoms with Crippen molar-refractivity contribution in [3.63, 3.8) is 0 Å². The minimum atomic E-state index is -0.687. The Bertz CT molecular complexity index is 1240. The number of non-ortho nitro benzene ring substituents is 1. The third kappa shape index (κ3) is 4.32. The van der Waals surface area contributed by atoms with E-state index in [0.717, 1.165) is 31.6 Å². The van der Waals surface area contributed by atoms with Gasteiger partial charge in [0.05, 0.1) is 21.9 Å². The molecule has 0 spiro atoms. The fourth-order valence-corrected chi connectivity index (χ4v) is 3.98. The van der Waals surface area contributed by atoms with Gasteiger partial charge < -0.3 is 9.64 Å². The van der Waals surface area contributed by atoms with Crippen LogP contribution >= 0.6 is 0 Å². The first-order valence-corrected chi connectivity index (χ1v) is 10.5. The van der Waals surface area contributed by atoms with Gasteiger partial charge in [-0.15, -0.1) is 0 Å². The van der Waals surface area contributed by atoms with E-state index in [1.807, 2.05) is 0 Å². The minimum Gasteiger partial charge on any atom is -0.456 e. The number of carbonyl (C=O) groups excluding carboxylic acids is 1. The molecule has 1 aromatic carbocycles. The van der Waals surface area contributed by atoms with Crippen LogP contribution in [0.4, 0.5) is 11.4 Å². The van der Waals surface area contributed by atoms with Gasteiger partial charge in [0.2, 0.25) is 0 Å². The molecule has 4 rings (SSSR count). The normalized spacial score (nSPS) is 14.5. The molecule has 3 aromatic rings. The first kappa shape index (κ1) is 21.5. The van der Waals surface area contributed by atoms with Crippen LogP contribution in [0.25, 0.3) is 5.65 Å². The molecule has 0 saturated carbocycles. The summed E-state index contributed by atoms with van der Waals surface area (Å²) in [7, 11) is 0. The van der Waals surface area contributed by atoms with E-state index in [9.17, 15) is 19.7 Å². The summed E-state index contributed by atoms with van der Waals surface area (Å²) in [4.78, 5) is 42.6. The van der Waals surface area contributed by atoms with Crippen molar-refractivity contribution in [3.8, 4) is 0 Å². The molecule has 0 radical (unpaired) electrons. The lowest BCUT2D eigenvalue weighted by Gasteiger charge is -2.33. The molecule has 0 aliphatic carbocycles. The molecule has 0 N–H and O–H groups in total. The molecular formula is C23H24N4O5. The summed E-state index contributed by atoms with van der Waals surface area (Å²) in [5, 5.41) is 11.3. The summed E-state index contributed by atoms with van der Waals surface area (Å²) < 4.78 is 6.91. The molecule has 9 nitrogen and oxygen atoms in total. The van der Waals surface area contributed by atoms with E-state index in [1.54, 1.807) is 31.2 Å². The first-order valence-electron chi connectivity index (χ1n) is 10.5. The van der Waals surface area contributed by atoms with Gasteiger partial charge in [-0.05, 0) is 43.9 Å². The quantitative estimate of drug-likeness (QED) is 0.342. The van der Waals surface area contributed by atoms with E-state index in [0.29, 0.717) is 22.9 Å². The Morgan fingerprint density at radius 2 is 1.97 bits per heavy atom. The number of nitro groups is 1. The number of nitrogens with zero attached hydrogens (tertiary/aromatic N) is 4. The monoisotopic (exact) mass is 436 g/mol. The summed E-state index contributed by atoms with van der Waals surface area (Å²) in [6.45, 7) is 5.31. The largest absolute Gasteiger partial charge is 0.456 e. The van der Waals surface area contributed by atoms with E-state index < -0.39 is 10.9 Å². The molecule has 0 bridgehead atoms. The third-order valence-corrected chi connectivity index (χ3v) is 5.82. The highest BCUT2D eigenvalue weighted by Crippen LogP contribution is 2.30. The van der Waals surface area contributed by atoms with Gasteiger partial charge in [-0.3, -0.25) is 19.3 Å². The fraction of sp³-hybridized carbons (Fsp3) is 0.348. The van der Waals surface area contributed by atoms with Gasteiger partial charge in [-0.25, -0.2) is 9.78 Å². The number of hydrogen-bond acceptors (Lipinski definition) is 7. The summed E-state index contributed by atoms with van der Waals surface area (Å²) in [6.07, 6.45) is 1.96. The maximum atomic E-state index is 12.9. The van der Waals surface area contributed by atoms with Gasteiger partial charge in [0, 0.05) is 37.0 Å². The molecule has 1 aliphatic rings. The van der Waals surface area contributed by atoms with E-state index in [2.05, 4.69) is 16.8 Å². The summed E-state index contributed by atoms with van der Waals surface area (Å²) in [6, 6.07) is 10.9. The van der Waals surface area contributed by atoms with Crippen LogP contribution in [-0.2, 0) is 11.3 Å². The number of nitro benzene ring substituents is 1. The van der Waals surface area contributed by atoms with E-state index >= 15 is 0 Å². The topological polar surface area (TPSA) is 107 Å². The number of aromatic nitrogens is 2. The second kappa shape index (κ2) is 8.78. The highest BCUT2D eigenvalue weighted by molar-refractivity contribution is 5.96. The van der Waals surface area contributed by atoms with Gasteiger partial charge in [-0.2, -0.15) is 0 Å². The zero-order valence-electron chi connectivity index (χ0n) is 18.0. The summed E-state index contributed by atoms with van der Waals surface area (Å²) >= 11 is 0. The predicted molar refractivity (Wildman–Crippen MR) is 119 cm³/mol. The zero-order chi connectivity index (χ0) is 22.8. The van der Waals surface area contributed by atoms with Gasteiger partial charge in [0.25, 0.3) is 11.2 Å². The molecule has 166 valence electrons. The van der Waals surface area contributed by atoms with Crippen molar-refractivity contribution in [2.75, 3.05) is 18.0 Å². The molecule has 1 aliphatic heterocycles. The second-order valence-electron chi connectivity index (χ2n) is 8.15. The number of benzene rings is 1. The second-order valence-corrected chi connectivity index (χ2v) is 8.15. The Labute approximate surface area is 184 Å². The molecule has 1 fully saturated rings. The molecular weight excluding hydrogens is 412 g/mol. The highest BCUT2D eigenvalue weighted by Gasteiger charge is 2.24. The molecule has 3 heterocycles. The Balaban J connectivity index is 1.60. The average molecular weight is 436 g/mol. The summed E-state index contributed by atoms with van der Waals surface area (Å²) in [5.41, 5.74) is 1.84. The third-order valence-electron chi connectivity index (χ3n) is 5.82. The zero-order valence-corrected chi connectivity index (χ0v) is 18.0. The van der Waals surface area contributed by atoms with Crippen LogP contribution in [0.3, 0.4) is 0 Å². The fourth-order valence-electron chi connectivity index (χ4n) is 3.98. The van der Waals surface area contributed by atoms with E-state index in [1.165, 1.54) is 22.6 Å². The predicted octanol–water partition coefficient (Wildman–Crippen LogP) is 3.50. The number of anilines is 1. The van der Waals surface area contributed by atoms with Crippen molar-refractivity contribution in [1.29, 1.82) is 0 Å². The van der Waals surface area contributed by atoms with Gasteiger partial charge in [0.1, 0.15) is 12.3 Å². The smallest absolute Gasteiger partial charge is 0.340 e. The lowest BCUT2D eigenvalue weighted by Crippen LogP contribution is -2.34. The number of fused-ring (bicyclic) bond motifs is 1. The van der Waals surface area contributed by atoms with Gasteiger partial charge >= 0.3 is 5.97 Å². The van der Waals surface area contributed by atoms with E-state index in [-0.39, 0.29) is 23.4 Å². The Kier molecular flexibility index (Phi) is 5.89. The number of pyridine rings is 1. The standard InChI is InChI=1S/C23H24N4O5/c1-15-8-10-25(11-9-15)20-7-6-18(27(30)31)13-19(20)23(29)32-14-17-12-22(28)26-16(2)4-3-5-21(26)24-17/h3-7,12-13,15H,8-11,14H2,1-2H3. The van der Waals surface area contributed by atoms with Crippen molar-refractivity contribution >= 4 is 23.0 Å². The van der Waals surface area contributed by atoms with Crippen LogP contribution < -0.4 is 10.5 Å². The molecule has 1 saturated heterocycles. The van der Waals surface area contributed by atoms with Crippen molar-refractivity contribution in [3.05, 3.63) is 79.9 Å². The highest BCUT2D eigenvalue weighted by atomic mass is 16.6. The van der Waals surface area contributed by atoms with Crippen LogP contribution in [-0.4, -0.2) is 33.4 Å². The number of rotatable bonds is 5.